The first kappa shape index (κ1) is 20.3. The quantitative estimate of drug-likeness (QED) is 0.600. The average Bonchev–Trinajstić information content (AvgIpc) is 3.32. The van der Waals surface area contributed by atoms with Crippen LogP contribution in [0.5, 0.6) is 0 Å². The van der Waals surface area contributed by atoms with E-state index in [0.29, 0.717) is 37.5 Å². The molecule has 0 radical (unpaired) electrons. The summed E-state index contributed by atoms with van der Waals surface area (Å²) in [6.45, 7) is 1.73. The Balaban J connectivity index is 1.65. The number of methoxy groups -OCH3 is 1. The number of halogens is 3. The number of hydrogen-bond acceptors (Lipinski definition) is 5. The normalized spacial score (nSPS) is 14.3. The van der Waals surface area contributed by atoms with E-state index in [9.17, 15) is 18.0 Å². The van der Waals surface area contributed by atoms with Crippen LogP contribution in [0.15, 0.2) is 28.8 Å². The number of alkyl halides is 3. The molecule has 0 unspecified atom stereocenters. The van der Waals surface area contributed by atoms with E-state index in [-0.39, 0.29) is 11.7 Å². The minimum Gasteiger partial charge on any atom is -0.385 e. The summed E-state index contributed by atoms with van der Waals surface area (Å²) in [7, 11) is 1.61. The van der Waals surface area contributed by atoms with Gasteiger partial charge in [-0.3, -0.25) is 4.79 Å². The van der Waals surface area contributed by atoms with Crippen molar-refractivity contribution < 1.29 is 27.2 Å². The third kappa shape index (κ3) is 5.54. The maximum atomic E-state index is 12.6. The standard InChI is InChI=1S/C19H22F3N3O3/c1-27-10-2-3-16(26)25(11-13-4-5-13)12-14-6-8-15(9-7-14)17-23-18(28-24-17)19(20,21)22/h6-9,13H,2-5,10-12H2,1H3. The van der Waals surface area contributed by atoms with E-state index >= 15 is 0 Å². The Morgan fingerprint density at radius 3 is 2.57 bits per heavy atom. The van der Waals surface area contributed by atoms with Crippen molar-refractivity contribution in [2.24, 2.45) is 5.92 Å². The van der Waals surface area contributed by atoms with Crippen molar-refractivity contribution in [2.45, 2.75) is 38.4 Å². The third-order valence-corrected chi connectivity index (χ3v) is 4.52. The molecule has 0 saturated heterocycles. The van der Waals surface area contributed by atoms with Crippen LogP contribution in [0.2, 0.25) is 0 Å². The first-order valence-electron chi connectivity index (χ1n) is 9.13. The van der Waals surface area contributed by atoms with Crippen molar-refractivity contribution in [3.63, 3.8) is 0 Å². The molecule has 28 heavy (non-hydrogen) atoms. The summed E-state index contributed by atoms with van der Waals surface area (Å²) in [6, 6.07) is 6.79. The molecule has 6 nitrogen and oxygen atoms in total. The van der Waals surface area contributed by atoms with Crippen molar-refractivity contribution in [3.05, 3.63) is 35.7 Å². The summed E-state index contributed by atoms with van der Waals surface area (Å²) >= 11 is 0. The fourth-order valence-electron chi connectivity index (χ4n) is 2.83. The summed E-state index contributed by atoms with van der Waals surface area (Å²) < 4.78 is 47.0. The van der Waals surface area contributed by atoms with Gasteiger partial charge in [-0.2, -0.15) is 18.2 Å². The van der Waals surface area contributed by atoms with Gasteiger partial charge in [0, 0.05) is 38.8 Å². The lowest BCUT2D eigenvalue weighted by atomic mass is 10.1. The van der Waals surface area contributed by atoms with Crippen LogP contribution in [0.1, 0.15) is 37.1 Å². The van der Waals surface area contributed by atoms with Gasteiger partial charge in [-0.15, -0.1) is 0 Å². The predicted octanol–water partition coefficient (Wildman–Crippen LogP) is 3.92. The molecule has 1 aliphatic rings. The highest BCUT2D eigenvalue weighted by Gasteiger charge is 2.38. The second-order valence-electron chi connectivity index (χ2n) is 6.93. The molecule has 1 fully saturated rings. The maximum Gasteiger partial charge on any atom is 0.471 e. The monoisotopic (exact) mass is 397 g/mol. The Morgan fingerprint density at radius 1 is 1.29 bits per heavy atom. The van der Waals surface area contributed by atoms with Gasteiger partial charge in [0.1, 0.15) is 0 Å². The molecule has 0 spiro atoms. The Morgan fingerprint density at radius 2 is 2.00 bits per heavy atom. The fraction of sp³-hybridized carbons (Fsp3) is 0.526. The number of aromatic nitrogens is 2. The molecule has 1 heterocycles. The minimum absolute atomic E-state index is 0.0843. The van der Waals surface area contributed by atoms with Gasteiger partial charge >= 0.3 is 12.1 Å². The number of rotatable bonds is 9. The molecule has 1 aromatic carbocycles. The lowest BCUT2D eigenvalue weighted by Crippen LogP contribution is -2.32. The minimum atomic E-state index is -4.67. The second-order valence-corrected chi connectivity index (χ2v) is 6.93. The number of carbonyl (C=O) groups excluding carboxylic acids is 1. The Kier molecular flexibility index (Phi) is 6.33. The van der Waals surface area contributed by atoms with Gasteiger partial charge in [0.05, 0.1) is 0 Å². The molecule has 1 amide bonds. The molecule has 1 aromatic heterocycles. The molecule has 1 saturated carbocycles. The summed E-state index contributed by atoms with van der Waals surface area (Å²) in [4.78, 5) is 17.7. The topological polar surface area (TPSA) is 68.5 Å². The number of nitrogens with zero attached hydrogens (tertiary/aromatic N) is 3. The maximum absolute atomic E-state index is 12.6. The first-order valence-corrected chi connectivity index (χ1v) is 9.13. The number of amides is 1. The zero-order valence-corrected chi connectivity index (χ0v) is 15.5. The van der Waals surface area contributed by atoms with Crippen LogP contribution in [0, 0.1) is 5.92 Å². The van der Waals surface area contributed by atoms with Crippen LogP contribution in [0.25, 0.3) is 11.4 Å². The average molecular weight is 397 g/mol. The highest BCUT2D eigenvalue weighted by molar-refractivity contribution is 5.76. The van der Waals surface area contributed by atoms with Gasteiger partial charge in [-0.25, -0.2) is 0 Å². The second kappa shape index (κ2) is 8.72. The fourth-order valence-corrected chi connectivity index (χ4v) is 2.83. The highest BCUT2D eigenvalue weighted by atomic mass is 19.4. The molecule has 0 N–H and O–H groups in total. The van der Waals surface area contributed by atoms with E-state index in [1.807, 2.05) is 4.90 Å². The summed E-state index contributed by atoms with van der Waals surface area (Å²) in [5, 5.41) is 3.38. The predicted molar refractivity (Wildman–Crippen MR) is 94.0 cm³/mol. The van der Waals surface area contributed by atoms with Crippen molar-refractivity contribution in [1.82, 2.24) is 15.0 Å². The summed E-state index contributed by atoms with van der Waals surface area (Å²) in [5.74, 6) is -0.847. The molecular formula is C19H22F3N3O3. The zero-order valence-electron chi connectivity index (χ0n) is 15.5. The van der Waals surface area contributed by atoms with Crippen LogP contribution >= 0.6 is 0 Å². The van der Waals surface area contributed by atoms with Gasteiger partial charge in [-0.1, -0.05) is 29.4 Å². The number of ether oxygens (including phenoxy) is 1. The molecule has 3 rings (SSSR count). The van der Waals surface area contributed by atoms with Crippen molar-refractivity contribution in [3.8, 4) is 11.4 Å². The summed E-state index contributed by atoms with van der Waals surface area (Å²) in [5.41, 5.74) is 1.31. The number of benzene rings is 1. The number of carbonyl (C=O) groups is 1. The van der Waals surface area contributed by atoms with E-state index in [1.165, 1.54) is 0 Å². The van der Waals surface area contributed by atoms with Crippen LogP contribution in [-0.2, 0) is 22.3 Å². The SMILES string of the molecule is COCCCC(=O)N(Cc1ccc(-c2noc(C(F)(F)F)n2)cc1)CC1CC1. The van der Waals surface area contributed by atoms with E-state index < -0.39 is 12.1 Å². The molecule has 2 aromatic rings. The molecule has 0 aliphatic heterocycles. The van der Waals surface area contributed by atoms with E-state index in [0.717, 1.165) is 24.9 Å². The van der Waals surface area contributed by atoms with Gasteiger partial charge in [0.25, 0.3) is 0 Å². The lowest BCUT2D eigenvalue weighted by molar-refractivity contribution is -0.159. The molecular weight excluding hydrogens is 375 g/mol. The highest BCUT2D eigenvalue weighted by Crippen LogP contribution is 2.31. The van der Waals surface area contributed by atoms with E-state index in [4.69, 9.17) is 4.74 Å². The Hall–Kier alpha value is -2.42. The molecule has 0 bridgehead atoms. The molecule has 1 aliphatic carbocycles. The smallest absolute Gasteiger partial charge is 0.385 e. The van der Waals surface area contributed by atoms with Gasteiger partial charge < -0.3 is 14.2 Å². The van der Waals surface area contributed by atoms with E-state index in [1.54, 1.807) is 31.4 Å². The van der Waals surface area contributed by atoms with Crippen molar-refractivity contribution in [1.29, 1.82) is 0 Å². The first-order chi connectivity index (χ1) is 13.4. The molecule has 152 valence electrons. The van der Waals surface area contributed by atoms with Crippen LogP contribution in [0.3, 0.4) is 0 Å². The zero-order chi connectivity index (χ0) is 20.1. The van der Waals surface area contributed by atoms with Crippen molar-refractivity contribution in [2.75, 3.05) is 20.3 Å². The largest absolute Gasteiger partial charge is 0.471 e. The van der Waals surface area contributed by atoms with Crippen LogP contribution in [-0.4, -0.2) is 41.2 Å². The van der Waals surface area contributed by atoms with Gasteiger partial charge in [0.15, 0.2) is 0 Å². The van der Waals surface area contributed by atoms with E-state index in [2.05, 4.69) is 14.7 Å². The third-order valence-electron chi connectivity index (χ3n) is 4.52. The van der Waals surface area contributed by atoms with Gasteiger partial charge in [-0.05, 0) is 30.7 Å². The lowest BCUT2D eigenvalue weighted by Gasteiger charge is -2.23. The Labute approximate surface area is 160 Å². The Bertz CT molecular complexity index is 786. The molecule has 0 atom stereocenters. The summed E-state index contributed by atoms with van der Waals surface area (Å²) in [6.07, 6.45) is -1.28. The molecule has 9 heteroatoms. The van der Waals surface area contributed by atoms with Crippen LogP contribution < -0.4 is 0 Å². The van der Waals surface area contributed by atoms with Crippen LogP contribution in [0.4, 0.5) is 13.2 Å². The van der Waals surface area contributed by atoms with Gasteiger partial charge in [0.2, 0.25) is 11.7 Å². The number of hydrogen-bond donors (Lipinski definition) is 0. The van der Waals surface area contributed by atoms with Crippen molar-refractivity contribution >= 4 is 5.91 Å².